The summed E-state index contributed by atoms with van der Waals surface area (Å²) in [6.45, 7) is 6.62. The van der Waals surface area contributed by atoms with Crippen molar-refractivity contribution in [3.63, 3.8) is 0 Å². The number of aromatic nitrogens is 3. The Balaban J connectivity index is 1.42. The number of anilines is 2. The molecule has 0 aliphatic carbocycles. The second kappa shape index (κ2) is 8.48. The SMILES string of the molecule is CC(CNC(=O)Nc1ccc(N2CCOCC2)nc1)Cn1ccnc1. The first-order valence-electron chi connectivity index (χ1n) is 8.50. The average Bonchev–Trinajstić information content (AvgIpc) is 3.14. The number of carbonyl (C=O) groups is 1. The summed E-state index contributed by atoms with van der Waals surface area (Å²) in [6, 6.07) is 3.56. The van der Waals surface area contributed by atoms with Crippen LogP contribution in [0, 0.1) is 5.92 Å². The number of hydrogen-bond donors (Lipinski definition) is 2. The third-order valence-corrected chi connectivity index (χ3v) is 4.03. The summed E-state index contributed by atoms with van der Waals surface area (Å²) in [6.07, 6.45) is 7.12. The highest BCUT2D eigenvalue weighted by Gasteiger charge is 2.12. The number of morpholine rings is 1. The molecule has 25 heavy (non-hydrogen) atoms. The largest absolute Gasteiger partial charge is 0.378 e. The molecule has 0 radical (unpaired) electrons. The molecule has 1 unspecified atom stereocenters. The molecule has 0 bridgehead atoms. The lowest BCUT2D eigenvalue weighted by Crippen LogP contribution is -2.36. The molecule has 0 saturated carbocycles. The molecule has 8 heteroatoms. The molecule has 3 heterocycles. The van der Waals surface area contributed by atoms with E-state index in [2.05, 4.69) is 32.4 Å². The smallest absolute Gasteiger partial charge is 0.319 e. The zero-order valence-corrected chi connectivity index (χ0v) is 14.4. The monoisotopic (exact) mass is 344 g/mol. The minimum atomic E-state index is -0.224. The van der Waals surface area contributed by atoms with Crippen LogP contribution in [-0.2, 0) is 11.3 Å². The summed E-state index contributed by atoms with van der Waals surface area (Å²) in [5.41, 5.74) is 0.678. The van der Waals surface area contributed by atoms with E-state index >= 15 is 0 Å². The van der Waals surface area contributed by atoms with Gasteiger partial charge in [0.1, 0.15) is 5.82 Å². The third kappa shape index (κ3) is 5.18. The van der Waals surface area contributed by atoms with Crippen LogP contribution in [0.3, 0.4) is 0 Å². The van der Waals surface area contributed by atoms with Crippen molar-refractivity contribution in [1.82, 2.24) is 19.9 Å². The Labute approximate surface area is 147 Å². The van der Waals surface area contributed by atoms with Crippen LogP contribution in [-0.4, -0.2) is 53.4 Å². The van der Waals surface area contributed by atoms with Crippen molar-refractivity contribution in [1.29, 1.82) is 0 Å². The van der Waals surface area contributed by atoms with E-state index in [9.17, 15) is 4.79 Å². The lowest BCUT2D eigenvalue weighted by Gasteiger charge is -2.27. The van der Waals surface area contributed by atoms with Crippen LogP contribution in [0.5, 0.6) is 0 Å². The topological polar surface area (TPSA) is 84.3 Å². The molecule has 1 aliphatic heterocycles. The average molecular weight is 344 g/mol. The summed E-state index contributed by atoms with van der Waals surface area (Å²) >= 11 is 0. The van der Waals surface area contributed by atoms with E-state index in [0.29, 0.717) is 18.2 Å². The van der Waals surface area contributed by atoms with Gasteiger partial charge in [-0.1, -0.05) is 6.92 Å². The Bertz CT molecular complexity index is 652. The minimum Gasteiger partial charge on any atom is -0.378 e. The quantitative estimate of drug-likeness (QED) is 0.831. The maximum atomic E-state index is 12.0. The molecule has 1 aliphatic rings. The van der Waals surface area contributed by atoms with Gasteiger partial charge in [0.2, 0.25) is 0 Å². The molecule has 2 amide bonds. The van der Waals surface area contributed by atoms with Gasteiger partial charge in [0.05, 0.1) is 31.4 Å². The highest BCUT2D eigenvalue weighted by Crippen LogP contribution is 2.15. The molecule has 3 rings (SSSR count). The third-order valence-electron chi connectivity index (χ3n) is 4.03. The maximum Gasteiger partial charge on any atom is 0.319 e. The van der Waals surface area contributed by atoms with Crippen molar-refractivity contribution in [2.75, 3.05) is 43.1 Å². The number of nitrogens with zero attached hydrogens (tertiary/aromatic N) is 4. The number of nitrogens with one attached hydrogen (secondary N) is 2. The van der Waals surface area contributed by atoms with Gasteiger partial charge in [-0.2, -0.15) is 0 Å². The van der Waals surface area contributed by atoms with Gasteiger partial charge < -0.3 is 24.8 Å². The molecule has 8 nitrogen and oxygen atoms in total. The van der Waals surface area contributed by atoms with Crippen LogP contribution < -0.4 is 15.5 Å². The first kappa shape index (κ1) is 17.2. The van der Waals surface area contributed by atoms with Crippen LogP contribution in [0.15, 0.2) is 37.1 Å². The van der Waals surface area contributed by atoms with Gasteiger partial charge >= 0.3 is 6.03 Å². The van der Waals surface area contributed by atoms with Crippen LogP contribution in [0.2, 0.25) is 0 Å². The fourth-order valence-corrected chi connectivity index (χ4v) is 2.70. The van der Waals surface area contributed by atoms with Crippen molar-refractivity contribution in [3.05, 3.63) is 37.1 Å². The van der Waals surface area contributed by atoms with Crippen molar-refractivity contribution in [2.24, 2.45) is 5.92 Å². The molecule has 0 aromatic carbocycles. The second-order valence-corrected chi connectivity index (χ2v) is 6.20. The summed E-state index contributed by atoms with van der Waals surface area (Å²) in [7, 11) is 0. The summed E-state index contributed by atoms with van der Waals surface area (Å²) in [5, 5.41) is 5.69. The molecule has 134 valence electrons. The molecule has 2 N–H and O–H groups in total. The number of hydrogen-bond acceptors (Lipinski definition) is 5. The number of rotatable bonds is 6. The van der Waals surface area contributed by atoms with Gasteiger partial charge in [-0.25, -0.2) is 14.8 Å². The lowest BCUT2D eigenvalue weighted by atomic mass is 10.2. The maximum absolute atomic E-state index is 12.0. The Morgan fingerprint density at radius 2 is 2.20 bits per heavy atom. The Hall–Kier alpha value is -2.61. The number of pyridine rings is 1. The number of ether oxygens (including phenoxy) is 1. The van der Waals surface area contributed by atoms with Crippen molar-refractivity contribution < 1.29 is 9.53 Å². The molecule has 1 saturated heterocycles. The van der Waals surface area contributed by atoms with E-state index in [1.54, 1.807) is 18.7 Å². The van der Waals surface area contributed by atoms with E-state index in [0.717, 1.165) is 38.7 Å². The number of amides is 2. The van der Waals surface area contributed by atoms with Gasteiger partial charge in [-0.15, -0.1) is 0 Å². The number of carbonyl (C=O) groups excluding carboxylic acids is 1. The fraction of sp³-hybridized carbons (Fsp3) is 0.471. The number of urea groups is 1. The summed E-state index contributed by atoms with van der Waals surface area (Å²) in [5.74, 6) is 1.21. The molecular formula is C17H24N6O2. The molecule has 1 atom stereocenters. The van der Waals surface area contributed by atoms with Crippen LogP contribution in [0.25, 0.3) is 0 Å². The normalized spacial score (nSPS) is 15.6. The fourth-order valence-electron chi connectivity index (χ4n) is 2.70. The first-order chi connectivity index (χ1) is 12.2. The number of imidazole rings is 1. The van der Waals surface area contributed by atoms with Crippen molar-refractivity contribution >= 4 is 17.5 Å². The van der Waals surface area contributed by atoms with Gasteiger partial charge in [-0.3, -0.25) is 0 Å². The van der Waals surface area contributed by atoms with Gasteiger partial charge in [0, 0.05) is 38.6 Å². The van der Waals surface area contributed by atoms with Gasteiger partial charge in [0.15, 0.2) is 0 Å². The Morgan fingerprint density at radius 3 is 2.88 bits per heavy atom. The van der Waals surface area contributed by atoms with Crippen LogP contribution in [0.1, 0.15) is 6.92 Å². The standard InChI is InChI=1S/C17H24N6O2/c1-14(12-22-5-4-18-13-22)10-20-17(24)21-15-2-3-16(19-11-15)23-6-8-25-9-7-23/h2-5,11,13-14H,6-10,12H2,1H3,(H2,20,21,24). The van der Waals surface area contributed by atoms with E-state index in [1.807, 2.05) is 22.9 Å². The molecular weight excluding hydrogens is 320 g/mol. The molecule has 1 fully saturated rings. The zero-order chi connectivity index (χ0) is 17.5. The first-order valence-corrected chi connectivity index (χ1v) is 8.50. The Kier molecular flexibility index (Phi) is 5.84. The predicted molar refractivity (Wildman–Crippen MR) is 95.7 cm³/mol. The highest BCUT2D eigenvalue weighted by molar-refractivity contribution is 5.89. The van der Waals surface area contributed by atoms with Gasteiger partial charge in [-0.05, 0) is 18.1 Å². The molecule has 2 aromatic heterocycles. The second-order valence-electron chi connectivity index (χ2n) is 6.20. The lowest BCUT2D eigenvalue weighted by molar-refractivity contribution is 0.122. The molecule has 0 spiro atoms. The van der Waals surface area contributed by atoms with E-state index in [4.69, 9.17) is 4.74 Å². The highest BCUT2D eigenvalue weighted by atomic mass is 16.5. The van der Waals surface area contributed by atoms with E-state index in [-0.39, 0.29) is 6.03 Å². The molecule has 2 aromatic rings. The Morgan fingerprint density at radius 1 is 1.36 bits per heavy atom. The van der Waals surface area contributed by atoms with E-state index < -0.39 is 0 Å². The summed E-state index contributed by atoms with van der Waals surface area (Å²) in [4.78, 5) is 22.6. The van der Waals surface area contributed by atoms with E-state index in [1.165, 1.54) is 0 Å². The minimum absolute atomic E-state index is 0.224. The zero-order valence-electron chi connectivity index (χ0n) is 14.4. The van der Waals surface area contributed by atoms with Gasteiger partial charge in [0.25, 0.3) is 0 Å². The van der Waals surface area contributed by atoms with Crippen molar-refractivity contribution in [3.8, 4) is 0 Å². The van der Waals surface area contributed by atoms with Crippen LogP contribution >= 0.6 is 0 Å². The predicted octanol–water partition coefficient (Wildman–Crippen LogP) is 1.57. The van der Waals surface area contributed by atoms with Crippen LogP contribution in [0.4, 0.5) is 16.3 Å². The summed E-state index contributed by atoms with van der Waals surface area (Å²) < 4.78 is 7.34. The van der Waals surface area contributed by atoms with Crippen molar-refractivity contribution in [2.45, 2.75) is 13.5 Å².